The number of carbonyl (C=O) groups excluding carboxylic acids is 1. The maximum absolute atomic E-state index is 10.5. The number of thiophene rings is 1. The van der Waals surface area contributed by atoms with Crippen molar-refractivity contribution in [1.29, 1.82) is 0 Å². The van der Waals surface area contributed by atoms with Gasteiger partial charge in [0.25, 0.3) is 0 Å². The van der Waals surface area contributed by atoms with Gasteiger partial charge in [0, 0.05) is 9.58 Å². The number of urea groups is 1. The second-order valence-corrected chi connectivity index (χ2v) is 4.62. The Morgan fingerprint density at radius 2 is 2.24 bits per heavy atom. The Kier molecular flexibility index (Phi) is 3.41. The summed E-state index contributed by atoms with van der Waals surface area (Å²) in [6.45, 7) is 0.0869. The van der Waals surface area contributed by atoms with Crippen LogP contribution in [-0.2, 0) is 0 Å². The highest BCUT2D eigenvalue weighted by Gasteiger charge is 2.01. The number of nitrogens with zero attached hydrogens (tertiary/aromatic N) is 1. The van der Waals surface area contributed by atoms with Crippen LogP contribution < -0.4 is 5.73 Å². The molecule has 0 bridgehead atoms. The molecule has 3 N–H and O–H groups in total. The van der Waals surface area contributed by atoms with E-state index in [0.29, 0.717) is 5.06 Å². The number of nitrogens with two attached hydrogens (primary N) is 1. The zero-order valence-corrected chi connectivity index (χ0v) is 9.85. The van der Waals surface area contributed by atoms with Gasteiger partial charge in [-0.1, -0.05) is 24.3 Å². The molecule has 0 radical (unpaired) electrons. The number of hydroxylamine groups is 2. The van der Waals surface area contributed by atoms with E-state index in [0.717, 1.165) is 4.88 Å². The van der Waals surface area contributed by atoms with E-state index in [4.69, 9.17) is 10.9 Å². The van der Waals surface area contributed by atoms with Crippen LogP contribution in [0.15, 0.2) is 36.4 Å². The average Bonchev–Trinajstić information content (AvgIpc) is 2.71. The minimum Gasteiger partial charge on any atom is -0.350 e. The fourth-order valence-corrected chi connectivity index (χ4v) is 2.44. The third kappa shape index (κ3) is 2.83. The van der Waals surface area contributed by atoms with Crippen molar-refractivity contribution in [3.63, 3.8) is 0 Å². The third-order valence-electron chi connectivity index (χ3n) is 2.26. The highest BCUT2D eigenvalue weighted by atomic mass is 32.1. The van der Waals surface area contributed by atoms with Crippen LogP contribution in [-0.4, -0.2) is 22.8 Å². The van der Waals surface area contributed by atoms with Crippen LogP contribution in [0.2, 0.25) is 0 Å². The van der Waals surface area contributed by atoms with E-state index in [9.17, 15) is 4.79 Å². The Labute approximate surface area is 103 Å². The molecular formula is C12H12N2O2S. The highest BCUT2D eigenvalue weighted by Crippen LogP contribution is 2.25. The van der Waals surface area contributed by atoms with E-state index >= 15 is 0 Å². The van der Waals surface area contributed by atoms with Crippen LogP contribution in [0.5, 0.6) is 0 Å². The van der Waals surface area contributed by atoms with Crippen molar-refractivity contribution in [2.45, 2.75) is 0 Å². The molecule has 0 aliphatic carbocycles. The molecule has 2 rings (SSSR count). The van der Waals surface area contributed by atoms with Crippen molar-refractivity contribution in [3.05, 3.63) is 41.3 Å². The van der Waals surface area contributed by atoms with E-state index in [1.165, 1.54) is 10.1 Å². The average molecular weight is 248 g/mol. The van der Waals surface area contributed by atoms with Gasteiger partial charge < -0.3 is 5.73 Å². The first-order valence-electron chi connectivity index (χ1n) is 5.08. The minimum atomic E-state index is -0.856. The molecule has 0 spiro atoms. The largest absolute Gasteiger partial charge is 0.350 e. The van der Waals surface area contributed by atoms with Crippen molar-refractivity contribution >= 4 is 33.5 Å². The van der Waals surface area contributed by atoms with Crippen molar-refractivity contribution < 1.29 is 10.0 Å². The van der Waals surface area contributed by atoms with Gasteiger partial charge in [-0.05, 0) is 23.6 Å². The number of fused-ring (bicyclic) bond motifs is 1. The van der Waals surface area contributed by atoms with Gasteiger partial charge in [-0.2, -0.15) is 0 Å². The molecule has 0 aliphatic rings. The lowest BCUT2D eigenvalue weighted by Gasteiger charge is -2.07. The molecule has 0 saturated carbocycles. The number of carbonyl (C=O) groups is 1. The molecule has 17 heavy (non-hydrogen) atoms. The number of benzene rings is 1. The Morgan fingerprint density at radius 1 is 1.47 bits per heavy atom. The summed E-state index contributed by atoms with van der Waals surface area (Å²) < 4.78 is 1.21. The fourth-order valence-electron chi connectivity index (χ4n) is 1.44. The highest BCUT2D eigenvalue weighted by molar-refractivity contribution is 7.19. The molecule has 0 saturated heterocycles. The number of hydrogen-bond acceptors (Lipinski definition) is 3. The van der Waals surface area contributed by atoms with Crippen molar-refractivity contribution in [2.75, 3.05) is 6.54 Å². The first-order chi connectivity index (χ1) is 8.16. The summed E-state index contributed by atoms with van der Waals surface area (Å²) in [7, 11) is 0. The molecular weight excluding hydrogens is 236 g/mol. The summed E-state index contributed by atoms with van der Waals surface area (Å²) in [4.78, 5) is 11.6. The molecule has 1 heterocycles. The SMILES string of the molecule is NC(=O)N(O)C/C=C/c1cc2ccccc2s1. The molecule has 4 nitrogen and oxygen atoms in total. The van der Waals surface area contributed by atoms with Gasteiger partial charge in [-0.25, -0.2) is 9.86 Å². The third-order valence-corrected chi connectivity index (χ3v) is 3.34. The lowest BCUT2D eigenvalue weighted by molar-refractivity contribution is -0.0286. The van der Waals surface area contributed by atoms with E-state index in [2.05, 4.69) is 12.1 Å². The molecule has 0 atom stereocenters. The summed E-state index contributed by atoms with van der Waals surface area (Å²) in [6.07, 6.45) is 3.55. The summed E-state index contributed by atoms with van der Waals surface area (Å²) in [6, 6.07) is 9.29. The molecule has 1 aromatic heterocycles. The molecule has 2 aromatic rings. The first-order valence-corrected chi connectivity index (χ1v) is 5.89. The number of amides is 2. The lowest BCUT2D eigenvalue weighted by Crippen LogP contribution is -2.32. The maximum Gasteiger partial charge on any atom is 0.338 e. The summed E-state index contributed by atoms with van der Waals surface area (Å²) in [5, 5.41) is 10.7. The van der Waals surface area contributed by atoms with Crippen LogP contribution >= 0.6 is 11.3 Å². The molecule has 2 amide bonds. The Bertz CT molecular complexity index is 529. The smallest absolute Gasteiger partial charge is 0.338 e. The van der Waals surface area contributed by atoms with Gasteiger partial charge in [0.15, 0.2) is 0 Å². The van der Waals surface area contributed by atoms with E-state index < -0.39 is 6.03 Å². The van der Waals surface area contributed by atoms with Crippen molar-refractivity contribution in [2.24, 2.45) is 5.73 Å². The van der Waals surface area contributed by atoms with Gasteiger partial charge in [0.2, 0.25) is 0 Å². The molecule has 1 aromatic carbocycles. The van der Waals surface area contributed by atoms with Crippen LogP contribution in [0.1, 0.15) is 4.88 Å². The lowest BCUT2D eigenvalue weighted by atomic mass is 10.2. The van der Waals surface area contributed by atoms with E-state index in [1.807, 2.05) is 24.3 Å². The number of hydrogen-bond donors (Lipinski definition) is 2. The topological polar surface area (TPSA) is 66.6 Å². The zero-order chi connectivity index (χ0) is 12.3. The summed E-state index contributed by atoms with van der Waals surface area (Å²) in [5.41, 5.74) is 4.88. The van der Waals surface area contributed by atoms with Crippen molar-refractivity contribution in [1.82, 2.24) is 5.06 Å². The van der Waals surface area contributed by atoms with Crippen LogP contribution in [0.3, 0.4) is 0 Å². The fraction of sp³-hybridized carbons (Fsp3) is 0.0833. The summed E-state index contributed by atoms with van der Waals surface area (Å²) >= 11 is 1.65. The van der Waals surface area contributed by atoms with Gasteiger partial charge in [-0.15, -0.1) is 11.3 Å². The van der Waals surface area contributed by atoms with Gasteiger partial charge in [-0.3, -0.25) is 5.21 Å². The van der Waals surface area contributed by atoms with Crippen LogP contribution in [0, 0.1) is 0 Å². The minimum absolute atomic E-state index is 0.0869. The predicted octanol–water partition coefficient (Wildman–Crippen LogP) is 2.68. The Hall–Kier alpha value is -1.85. The zero-order valence-electron chi connectivity index (χ0n) is 9.04. The quantitative estimate of drug-likeness (QED) is 0.647. The number of rotatable bonds is 3. The molecule has 0 fully saturated rings. The standard InChI is InChI=1S/C12H12N2O2S/c13-12(15)14(16)7-3-5-10-8-9-4-1-2-6-11(9)17-10/h1-6,8,16H,7H2,(H2,13,15)/b5-3+. The monoisotopic (exact) mass is 248 g/mol. The Balaban J connectivity index is 2.08. The van der Waals surface area contributed by atoms with Crippen LogP contribution in [0.4, 0.5) is 4.79 Å². The van der Waals surface area contributed by atoms with Crippen molar-refractivity contribution in [3.8, 4) is 0 Å². The van der Waals surface area contributed by atoms with E-state index in [-0.39, 0.29) is 6.54 Å². The maximum atomic E-state index is 10.5. The second kappa shape index (κ2) is 4.99. The first kappa shape index (κ1) is 11.6. The summed E-state index contributed by atoms with van der Waals surface area (Å²) in [5.74, 6) is 0. The van der Waals surface area contributed by atoms with Crippen LogP contribution in [0.25, 0.3) is 16.2 Å². The predicted molar refractivity (Wildman–Crippen MR) is 68.9 cm³/mol. The Morgan fingerprint density at radius 3 is 2.94 bits per heavy atom. The molecule has 5 heteroatoms. The molecule has 0 aliphatic heterocycles. The normalized spacial score (nSPS) is 11.1. The molecule has 88 valence electrons. The molecule has 0 unspecified atom stereocenters. The number of primary amides is 1. The van der Waals surface area contributed by atoms with Gasteiger partial charge in [0.1, 0.15) is 0 Å². The van der Waals surface area contributed by atoms with Gasteiger partial charge in [0.05, 0.1) is 6.54 Å². The van der Waals surface area contributed by atoms with E-state index in [1.54, 1.807) is 17.4 Å². The second-order valence-electron chi connectivity index (χ2n) is 3.51. The van der Waals surface area contributed by atoms with Gasteiger partial charge >= 0.3 is 6.03 Å².